The van der Waals surface area contributed by atoms with E-state index in [1.165, 1.54) is 6.07 Å². The highest BCUT2D eigenvalue weighted by Gasteiger charge is 2.26. The van der Waals surface area contributed by atoms with E-state index in [2.05, 4.69) is 10.4 Å². The zero-order chi connectivity index (χ0) is 17.6. The molecular formula is C18H14FIN4O. The topological polar surface area (TPSA) is 50.2 Å². The molecule has 0 unspecified atom stereocenters. The van der Waals surface area contributed by atoms with Crippen LogP contribution in [0.15, 0.2) is 48.7 Å². The number of hydrogen-bond acceptors (Lipinski definition) is 3. The maximum atomic E-state index is 13.9. The van der Waals surface area contributed by atoms with Crippen molar-refractivity contribution < 1.29 is 9.18 Å². The number of halogens is 2. The zero-order valence-corrected chi connectivity index (χ0v) is 15.5. The predicted molar refractivity (Wildman–Crippen MR) is 103 cm³/mol. The van der Waals surface area contributed by atoms with Gasteiger partial charge in [0, 0.05) is 21.7 Å². The summed E-state index contributed by atoms with van der Waals surface area (Å²) >= 11 is 1.91. The molecule has 1 aliphatic heterocycles. The molecular weight excluding hydrogens is 434 g/mol. The highest BCUT2D eigenvalue weighted by atomic mass is 127. The summed E-state index contributed by atoms with van der Waals surface area (Å²) in [6.45, 7) is 0.361. The summed E-state index contributed by atoms with van der Waals surface area (Å²) in [6, 6.07) is 12.1. The molecule has 1 amide bonds. The Labute approximate surface area is 157 Å². The molecule has 126 valence electrons. The van der Waals surface area contributed by atoms with E-state index < -0.39 is 5.82 Å². The van der Waals surface area contributed by atoms with E-state index in [4.69, 9.17) is 0 Å². The summed E-state index contributed by atoms with van der Waals surface area (Å²) in [6.07, 6.45) is 1.74. The minimum absolute atomic E-state index is 0.249. The van der Waals surface area contributed by atoms with E-state index in [9.17, 15) is 9.18 Å². The molecule has 0 saturated heterocycles. The molecule has 4 rings (SSSR count). The van der Waals surface area contributed by atoms with Crippen LogP contribution in [-0.4, -0.2) is 15.7 Å². The van der Waals surface area contributed by atoms with Gasteiger partial charge in [-0.1, -0.05) is 12.1 Å². The number of carbonyl (C=O) groups excluding carboxylic acids is 1. The van der Waals surface area contributed by atoms with Crippen LogP contribution in [0.1, 0.15) is 15.9 Å². The van der Waals surface area contributed by atoms with Crippen molar-refractivity contribution in [3.63, 3.8) is 0 Å². The third kappa shape index (κ3) is 2.78. The average molecular weight is 448 g/mol. The van der Waals surface area contributed by atoms with Gasteiger partial charge in [-0.3, -0.25) is 9.48 Å². The van der Waals surface area contributed by atoms with Gasteiger partial charge >= 0.3 is 0 Å². The second kappa shape index (κ2) is 6.14. The lowest BCUT2D eigenvalue weighted by atomic mass is 10.1. The molecule has 5 nitrogen and oxygen atoms in total. The van der Waals surface area contributed by atoms with E-state index in [0.717, 1.165) is 22.8 Å². The largest absolute Gasteiger partial charge is 0.338 e. The standard InChI is InChI=1S/C18H14FIN4O/c1-23-17-12(9-21-23)10-24(16-5-3-2-4-15(16)22-17)18(25)11-6-7-14(20)13(19)8-11/h2-9,22H,10H2,1H3. The Kier molecular flexibility index (Phi) is 3.95. The minimum Gasteiger partial charge on any atom is -0.338 e. The van der Waals surface area contributed by atoms with Crippen LogP contribution in [0.2, 0.25) is 0 Å². The van der Waals surface area contributed by atoms with Crippen LogP contribution >= 0.6 is 22.6 Å². The third-order valence-electron chi connectivity index (χ3n) is 4.20. The molecule has 7 heteroatoms. The number of rotatable bonds is 1. The molecule has 1 aliphatic rings. The van der Waals surface area contributed by atoms with Gasteiger partial charge in [-0.15, -0.1) is 0 Å². The number of aryl methyl sites for hydroxylation is 1. The molecule has 0 fully saturated rings. The van der Waals surface area contributed by atoms with Gasteiger partial charge < -0.3 is 10.2 Å². The second-order valence-electron chi connectivity index (χ2n) is 5.80. The average Bonchev–Trinajstić information content (AvgIpc) is 2.86. The molecule has 0 bridgehead atoms. The van der Waals surface area contributed by atoms with Gasteiger partial charge in [-0.2, -0.15) is 5.10 Å². The van der Waals surface area contributed by atoms with Crippen molar-refractivity contribution in [2.75, 3.05) is 10.2 Å². The number of carbonyl (C=O) groups is 1. The fourth-order valence-corrected chi connectivity index (χ4v) is 3.26. The fraction of sp³-hybridized carbons (Fsp3) is 0.111. The van der Waals surface area contributed by atoms with Crippen molar-refractivity contribution >= 4 is 45.7 Å². The van der Waals surface area contributed by atoms with Gasteiger partial charge in [-0.05, 0) is 52.9 Å². The van der Waals surface area contributed by atoms with Crippen LogP contribution in [0, 0.1) is 9.39 Å². The van der Waals surface area contributed by atoms with E-state index >= 15 is 0 Å². The quantitative estimate of drug-likeness (QED) is 0.572. The highest BCUT2D eigenvalue weighted by molar-refractivity contribution is 14.1. The molecule has 2 heterocycles. The first-order valence-corrected chi connectivity index (χ1v) is 8.76. The number of nitrogens with one attached hydrogen (secondary N) is 1. The summed E-state index contributed by atoms with van der Waals surface area (Å²) in [4.78, 5) is 14.7. The first-order valence-electron chi connectivity index (χ1n) is 7.68. The lowest BCUT2D eigenvalue weighted by molar-refractivity contribution is 0.0985. The molecule has 0 radical (unpaired) electrons. The van der Waals surface area contributed by atoms with Gasteiger partial charge in [0.25, 0.3) is 5.91 Å². The van der Waals surface area contributed by atoms with Crippen molar-refractivity contribution in [1.29, 1.82) is 0 Å². The molecule has 3 aromatic rings. The molecule has 0 saturated carbocycles. The van der Waals surface area contributed by atoms with Crippen LogP contribution in [0.4, 0.5) is 21.6 Å². The van der Waals surface area contributed by atoms with Crippen molar-refractivity contribution in [3.05, 3.63) is 69.2 Å². The molecule has 2 aromatic carbocycles. The van der Waals surface area contributed by atoms with Gasteiger partial charge in [0.05, 0.1) is 24.1 Å². The predicted octanol–water partition coefficient (Wildman–Crippen LogP) is 4.07. The number of para-hydroxylation sites is 2. The number of aromatic nitrogens is 2. The Balaban J connectivity index is 1.82. The van der Waals surface area contributed by atoms with Gasteiger partial charge in [0.15, 0.2) is 0 Å². The maximum Gasteiger partial charge on any atom is 0.258 e. The Hall–Kier alpha value is -2.42. The first-order chi connectivity index (χ1) is 12.0. The number of nitrogens with zero attached hydrogens (tertiary/aromatic N) is 3. The van der Waals surface area contributed by atoms with Crippen molar-refractivity contribution in [2.45, 2.75) is 6.54 Å². The SMILES string of the molecule is Cn1ncc2c1Nc1ccccc1N(C(=O)c1ccc(I)c(F)c1)C2. The molecule has 1 N–H and O–H groups in total. The Morgan fingerprint density at radius 2 is 2.08 bits per heavy atom. The van der Waals surface area contributed by atoms with Crippen molar-refractivity contribution in [3.8, 4) is 0 Å². The number of fused-ring (bicyclic) bond motifs is 2. The zero-order valence-electron chi connectivity index (χ0n) is 13.3. The molecule has 0 aliphatic carbocycles. The monoisotopic (exact) mass is 448 g/mol. The maximum absolute atomic E-state index is 13.9. The van der Waals surface area contributed by atoms with Crippen LogP contribution < -0.4 is 10.2 Å². The van der Waals surface area contributed by atoms with Crippen LogP contribution in [-0.2, 0) is 13.6 Å². The number of benzene rings is 2. The van der Waals surface area contributed by atoms with E-state index in [1.807, 2.05) is 53.9 Å². The Morgan fingerprint density at radius 1 is 1.28 bits per heavy atom. The third-order valence-corrected chi connectivity index (χ3v) is 5.08. The molecule has 0 atom stereocenters. The normalized spacial score (nSPS) is 12.8. The summed E-state index contributed by atoms with van der Waals surface area (Å²) in [5.41, 5.74) is 2.78. The van der Waals surface area contributed by atoms with E-state index in [-0.39, 0.29) is 5.91 Å². The van der Waals surface area contributed by atoms with Crippen molar-refractivity contribution in [1.82, 2.24) is 9.78 Å². The lowest BCUT2D eigenvalue weighted by Crippen LogP contribution is -2.30. The second-order valence-corrected chi connectivity index (χ2v) is 6.97. The number of hydrogen-bond donors (Lipinski definition) is 1. The first kappa shape index (κ1) is 16.1. The van der Waals surface area contributed by atoms with Gasteiger partial charge in [-0.25, -0.2) is 4.39 Å². The Bertz CT molecular complexity index is 985. The van der Waals surface area contributed by atoms with Crippen LogP contribution in [0.25, 0.3) is 0 Å². The summed E-state index contributed by atoms with van der Waals surface area (Å²) in [5.74, 6) is 0.201. The lowest BCUT2D eigenvalue weighted by Gasteiger charge is -2.22. The molecule has 0 spiro atoms. The van der Waals surface area contributed by atoms with E-state index in [0.29, 0.717) is 15.7 Å². The molecule has 1 aromatic heterocycles. The smallest absolute Gasteiger partial charge is 0.258 e. The van der Waals surface area contributed by atoms with Crippen molar-refractivity contribution in [2.24, 2.45) is 7.05 Å². The molecule has 25 heavy (non-hydrogen) atoms. The van der Waals surface area contributed by atoms with Crippen LogP contribution in [0.3, 0.4) is 0 Å². The number of amides is 1. The highest BCUT2D eigenvalue weighted by Crippen LogP contribution is 2.36. The summed E-state index contributed by atoms with van der Waals surface area (Å²) in [7, 11) is 1.85. The minimum atomic E-state index is -0.394. The fourth-order valence-electron chi connectivity index (χ4n) is 2.92. The van der Waals surface area contributed by atoms with Crippen LogP contribution in [0.5, 0.6) is 0 Å². The summed E-state index contributed by atoms with van der Waals surface area (Å²) < 4.78 is 16.1. The van der Waals surface area contributed by atoms with Gasteiger partial charge in [0.1, 0.15) is 11.6 Å². The number of anilines is 3. The Morgan fingerprint density at radius 3 is 2.88 bits per heavy atom. The van der Waals surface area contributed by atoms with Gasteiger partial charge in [0.2, 0.25) is 0 Å². The van der Waals surface area contributed by atoms with E-state index in [1.54, 1.807) is 27.9 Å². The summed E-state index contributed by atoms with van der Waals surface area (Å²) in [5, 5.41) is 7.60.